The van der Waals surface area contributed by atoms with Gasteiger partial charge in [0, 0.05) is 0 Å². The van der Waals surface area contributed by atoms with Gasteiger partial charge in [-0.3, -0.25) is 0 Å². The Hall–Kier alpha value is -1.60. The van der Waals surface area contributed by atoms with Gasteiger partial charge in [0.05, 0.1) is 6.04 Å². The van der Waals surface area contributed by atoms with Gasteiger partial charge in [0.1, 0.15) is 0 Å². The molecule has 1 heteroatoms. The van der Waals surface area contributed by atoms with Crippen LogP contribution < -0.4 is 5.32 Å². The Kier molecular flexibility index (Phi) is 5.17. The van der Waals surface area contributed by atoms with Gasteiger partial charge in [-0.05, 0) is 36.1 Å². The Labute approximate surface area is 116 Å². The van der Waals surface area contributed by atoms with E-state index in [1.54, 1.807) is 0 Å². The Bertz CT molecular complexity index is 490. The fraction of sp³-hybridized carbons (Fsp3) is 0.333. The average molecular weight is 253 g/mol. The van der Waals surface area contributed by atoms with Crippen molar-refractivity contribution in [2.75, 3.05) is 6.54 Å². The summed E-state index contributed by atoms with van der Waals surface area (Å²) in [6.45, 7) is 5.47. The van der Waals surface area contributed by atoms with Crippen molar-refractivity contribution in [3.8, 4) is 0 Å². The first-order chi connectivity index (χ1) is 9.36. The normalized spacial score (nSPS) is 12.3. The highest BCUT2D eigenvalue weighted by Gasteiger charge is 2.15. The summed E-state index contributed by atoms with van der Waals surface area (Å²) in [7, 11) is 0. The summed E-state index contributed by atoms with van der Waals surface area (Å²) in [5, 5.41) is 3.68. The summed E-state index contributed by atoms with van der Waals surface area (Å²) in [4.78, 5) is 0. The zero-order valence-corrected chi connectivity index (χ0v) is 11.9. The summed E-state index contributed by atoms with van der Waals surface area (Å²) in [6, 6.07) is 19.8. The quantitative estimate of drug-likeness (QED) is 0.807. The van der Waals surface area contributed by atoms with E-state index in [0.29, 0.717) is 6.04 Å². The van der Waals surface area contributed by atoms with E-state index in [1.807, 2.05) is 0 Å². The lowest BCUT2D eigenvalue weighted by Gasteiger charge is -2.22. The smallest absolute Gasteiger partial charge is 0.0579 e. The molecule has 0 saturated heterocycles. The molecular formula is C18H23N. The van der Waals surface area contributed by atoms with Crippen molar-refractivity contribution in [1.29, 1.82) is 0 Å². The van der Waals surface area contributed by atoms with Crippen LogP contribution in [-0.2, 0) is 6.42 Å². The van der Waals surface area contributed by atoms with Crippen molar-refractivity contribution in [3.05, 3.63) is 71.3 Å². The molecule has 2 aromatic carbocycles. The molecule has 2 rings (SSSR count). The Morgan fingerprint density at radius 3 is 2.26 bits per heavy atom. The predicted octanol–water partition coefficient (Wildman–Crippen LogP) is 4.34. The van der Waals surface area contributed by atoms with E-state index >= 15 is 0 Å². The Morgan fingerprint density at radius 1 is 0.895 bits per heavy atom. The van der Waals surface area contributed by atoms with Crippen LogP contribution in [0.4, 0.5) is 0 Å². The molecule has 0 heterocycles. The summed E-state index contributed by atoms with van der Waals surface area (Å²) in [5.74, 6) is 0. The van der Waals surface area contributed by atoms with Crippen LogP contribution in [0.2, 0.25) is 0 Å². The van der Waals surface area contributed by atoms with Gasteiger partial charge in [-0.1, -0.05) is 68.4 Å². The van der Waals surface area contributed by atoms with E-state index in [4.69, 9.17) is 0 Å². The number of aryl methyl sites for hydroxylation is 1. The Morgan fingerprint density at radius 2 is 1.58 bits per heavy atom. The third-order valence-electron chi connectivity index (χ3n) is 3.48. The molecule has 100 valence electrons. The van der Waals surface area contributed by atoms with Crippen molar-refractivity contribution in [1.82, 2.24) is 5.32 Å². The summed E-state index contributed by atoms with van der Waals surface area (Å²) < 4.78 is 0. The average Bonchev–Trinajstić information content (AvgIpc) is 2.49. The number of hydrogen-bond donors (Lipinski definition) is 1. The fourth-order valence-corrected chi connectivity index (χ4v) is 2.48. The maximum Gasteiger partial charge on any atom is 0.0579 e. The lowest BCUT2D eigenvalue weighted by atomic mass is 9.93. The molecule has 0 aliphatic rings. The summed E-state index contributed by atoms with van der Waals surface area (Å²) >= 11 is 0. The van der Waals surface area contributed by atoms with Crippen molar-refractivity contribution in [2.24, 2.45) is 0 Å². The van der Waals surface area contributed by atoms with Crippen molar-refractivity contribution in [2.45, 2.75) is 32.7 Å². The topological polar surface area (TPSA) is 12.0 Å². The zero-order valence-electron chi connectivity index (χ0n) is 11.9. The van der Waals surface area contributed by atoms with E-state index in [1.165, 1.54) is 16.7 Å². The second kappa shape index (κ2) is 7.10. The molecule has 0 saturated carbocycles. The highest BCUT2D eigenvalue weighted by Crippen LogP contribution is 2.25. The SMILES string of the molecule is CCCNC(c1ccccc1)c1ccccc1CC. The molecule has 0 aliphatic carbocycles. The highest BCUT2D eigenvalue weighted by molar-refractivity contribution is 5.37. The largest absolute Gasteiger partial charge is 0.306 e. The van der Waals surface area contributed by atoms with Gasteiger partial charge in [-0.15, -0.1) is 0 Å². The van der Waals surface area contributed by atoms with Gasteiger partial charge in [0.2, 0.25) is 0 Å². The molecule has 0 spiro atoms. The van der Waals surface area contributed by atoms with E-state index in [2.05, 4.69) is 73.8 Å². The maximum absolute atomic E-state index is 3.68. The minimum atomic E-state index is 0.303. The van der Waals surface area contributed by atoms with Crippen LogP contribution >= 0.6 is 0 Å². The molecule has 1 unspecified atom stereocenters. The lowest BCUT2D eigenvalue weighted by Crippen LogP contribution is -2.24. The third kappa shape index (κ3) is 3.45. The Balaban J connectivity index is 2.37. The van der Waals surface area contributed by atoms with Gasteiger partial charge >= 0.3 is 0 Å². The molecule has 0 amide bonds. The van der Waals surface area contributed by atoms with Crippen LogP contribution in [0.1, 0.15) is 43.0 Å². The van der Waals surface area contributed by atoms with E-state index in [9.17, 15) is 0 Å². The molecular weight excluding hydrogens is 230 g/mol. The van der Waals surface area contributed by atoms with Crippen molar-refractivity contribution < 1.29 is 0 Å². The molecule has 0 bridgehead atoms. The number of hydrogen-bond acceptors (Lipinski definition) is 1. The van der Waals surface area contributed by atoms with Crippen LogP contribution in [0.25, 0.3) is 0 Å². The monoisotopic (exact) mass is 253 g/mol. The van der Waals surface area contributed by atoms with Crippen LogP contribution in [0.15, 0.2) is 54.6 Å². The van der Waals surface area contributed by atoms with Gasteiger partial charge in [0.15, 0.2) is 0 Å². The number of benzene rings is 2. The van der Waals surface area contributed by atoms with E-state index in [0.717, 1.165) is 19.4 Å². The van der Waals surface area contributed by atoms with Gasteiger partial charge in [-0.25, -0.2) is 0 Å². The van der Waals surface area contributed by atoms with Crippen LogP contribution in [-0.4, -0.2) is 6.54 Å². The predicted molar refractivity (Wildman–Crippen MR) is 82.4 cm³/mol. The second-order valence-electron chi connectivity index (χ2n) is 4.85. The first-order valence-electron chi connectivity index (χ1n) is 7.23. The van der Waals surface area contributed by atoms with Crippen LogP contribution in [0.3, 0.4) is 0 Å². The molecule has 1 nitrogen and oxygen atoms in total. The number of nitrogens with one attached hydrogen (secondary N) is 1. The first kappa shape index (κ1) is 13.8. The second-order valence-corrected chi connectivity index (χ2v) is 4.85. The third-order valence-corrected chi connectivity index (χ3v) is 3.48. The van der Waals surface area contributed by atoms with Crippen molar-refractivity contribution >= 4 is 0 Å². The fourth-order valence-electron chi connectivity index (χ4n) is 2.48. The molecule has 1 N–H and O–H groups in total. The van der Waals surface area contributed by atoms with E-state index < -0.39 is 0 Å². The molecule has 19 heavy (non-hydrogen) atoms. The first-order valence-corrected chi connectivity index (χ1v) is 7.23. The molecule has 0 aromatic heterocycles. The zero-order chi connectivity index (χ0) is 13.5. The van der Waals surface area contributed by atoms with Crippen LogP contribution in [0.5, 0.6) is 0 Å². The van der Waals surface area contributed by atoms with Gasteiger partial charge < -0.3 is 5.32 Å². The molecule has 2 aromatic rings. The standard InChI is InChI=1S/C18H23N/c1-3-14-19-18(16-11-6-5-7-12-16)17-13-9-8-10-15(17)4-2/h5-13,18-19H,3-4,14H2,1-2H3. The molecule has 0 aliphatic heterocycles. The van der Waals surface area contributed by atoms with Crippen LogP contribution in [0, 0.1) is 0 Å². The highest BCUT2D eigenvalue weighted by atomic mass is 14.9. The molecule has 0 radical (unpaired) electrons. The summed E-state index contributed by atoms with van der Waals surface area (Å²) in [5.41, 5.74) is 4.18. The maximum atomic E-state index is 3.68. The number of rotatable bonds is 6. The summed E-state index contributed by atoms with van der Waals surface area (Å²) in [6.07, 6.45) is 2.23. The van der Waals surface area contributed by atoms with Crippen molar-refractivity contribution in [3.63, 3.8) is 0 Å². The van der Waals surface area contributed by atoms with Gasteiger partial charge in [-0.2, -0.15) is 0 Å². The lowest BCUT2D eigenvalue weighted by molar-refractivity contribution is 0.595. The van der Waals surface area contributed by atoms with E-state index in [-0.39, 0.29) is 0 Å². The minimum Gasteiger partial charge on any atom is -0.306 e. The van der Waals surface area contributed by atoms with Gasteiger partial charge in [0.25, 0.3) is 0 Å². The minimum absolute atomic E-state index is 0.303. The molecule has 1 atom stereocenters. The molecule has 0 fully saturated rings.